The zero-order valence-corrected chi connectivity index (χ0v) is 9.03. The van der Waals surface area contributed by atoms with E-state index in [1.165, 1.54) is 0 Å². The van der Waals surface area contributed by atoms with E-state index in [0.29, 0.717) is 19.8 Å². The number of aliphatic hydroxyl groups is 1. The lowest BCUT2D eigenvalue weighted by Gasteiger charge is -2.26. The number of aliphatic carboxylic acids is 1. The summed E-state index contributed by atoms with van der Waals surface area (Å²) < 4.78 is 5.05. The number of rotatable bonds is 8. The van der Waals surface area contributed by atoms with Gasteiger partial charge in [-0.15, -0.1) is 0 Å². The average molecular weight is 217 g/mol. The minimum absolute atomic E-state index is 0.00117. The molecule has 15 heavy (non-hydrogen) atoms. The maximum absolute atomic E-state index is 11.1. The highest BCUT2D eigenvalue weighted by atomic mass is 16.5. The molecule has 1 aliphatic carbocycles. The van der Waals surface area contributed by atoms with Crippen LogP contribution in [0.25, 0.3) is 0 Å². The number of aliphatic hydroxyl groups excluding tert-OH is 1. The molecule has 5 nitrogen and oxygen atoms in total. The topological polar surface area (TPSA) is 78.8 Å². The average Bonchev–Trinajstić information content (AvgIpc) is 3.00. The first-order chi connectivity index (χ1) is 7.11. The summed E-state index contributed by atoms with van der Waals surface area (Å²) in [4.78, 5) is 11.1. The molecule has 0 aromatic rings. The molecule has 0 aliphatic heterocycles. The van der Waals surface area contributed by atoms with Crippen LogP contribution < -0.4 is 5.32 Å². The van der Waals surface area contributed by atoms with Crippen molar-refractivity contribution < 1.29 is 19.7 Å². The number of nitrogens with one attached hydrogen (secondary N) is 1. The monoisotopic (exact) mass is 217 g/mol. The Balaban J connectivity index is 2.23. The Kier molecular flexibility index (Phi) is 4.50. The molecule has 1 aliphatic rings. The molecule has 5 heteroatoms. The van der Waals surface area contributed by atoms with Crippen molar-refractivity contribution in [3.63, 3.8) is 0 Å². The Hall–Kier alpha value is -0.650. The van der Waals surface area contributed by atoms with Crippen molar-refractivity contribution in [2.45, 2.75) is 25.3 Å². The van der Waals surface area contributed by atoms with E-state index in [9.17, 15) is 4.79 Å². The maximum atomic E-state index is 11.1. The summed E-state index contributed by atoms with van der Waals surface area (Å²) in [6, 6.07) is 0. The van der Waals surface area contributed by atoms with Crippen LogP contribution in [-0.2, 0) is 9.53 Å². The fraction of sp³-hybridized carbons (Fsp3) is 0.900. The Morgan fingerprint density at radius 1 is 1.53 bits per heavy atom. The smallest absolute Gasteiger partial charge is 0.323 e. The van der Waals surface area contributed by atoms with Crippen LogP contribution >= 0.6 is 0 Å². The van der Waals surface area contributed by atoms with Gasteiger partial charge in [0.1, 0.15) is 5.54 Å². The second kappa shape index (κ2) is 5.44. The summed E-state index contributed by atoms with van der Waals surface area (Å²) in [6.45, 7) is 2.95. The van der Waals surface area contributed by atoms with Gasteiger partial charge in [-0.2, -0.15) is 0 Å². The zero-order chi connectivity index (χ0) is 11.3. The lowest BCUT2D eigenvalue weighted by atomic mass is 9.96. The number of ether oxygens (including phenoxy) is 1. The minimum Gasteiger partial charge on any atom is -0.480 e. The van der Waals surface area contributed by atoms with Gasteiger partial charge in [-0.3, -0.25) is 10.1 Å². The van der Waals surface area contributed by atoms with E-state index in [0.717, 1.165) is 12.8 Å². The van der Waals surface area contributed by atoms with Crippen molar-refractivity contribution in [1.82, 2.24) is 5.32 Å². The standard InChI is InChI=1S/C10H19NO4/c1-10(9(13)14,8-2-3-8)11-4-6-15-7-5-12/h8,11-12H,2-7H2,1H3,(H,13,14). The molecular formula is C10H19NO4. The van der Waals surface area contributed by atoms with Gasteiger partial charge in [0.2, 0.25) is 0 Å². The largest absolute Gasteiger partial charge is 0.480 e. The van der Waals surface area contributed by atoms with E-state index < -0.39 is 11.5 Å². The lowest BCUT2D eigenvalue weighted by molar-refractivity contribution is -0.145. The molecule has 0 heterocycles. The van der Waals surface area contributed by atoms with E-state index in [4.69, 9.17) is 14.9 Å². The summed E-state index contributed by atoms with van der Waals surface area (Å²) in [5.41, 5.74) is -0.817. The van der Waals surface area contributed by atoms with Gasteiger partial charge in [-0.05, 0) is 25.7 Å². The molecular weight excluding hydrogens is 198 g/mol. The summed E-state index contributed by atoms with van der Waals surface area (Å²) in [5.74, 6) is -0.556. The first-order valence-electron chi connectivity index (χ1n) is 5.28. The first kappa shape index (κ1) is 12.4. The van der Waals surface area contributed by atoms with Crippen LogP contribution in [-0.4, -0.2) is 48.1 Å². The molecule has 0 aromatic heterocycles. The molecule has 3 N–H and O–H groups in total. The summed E-state index contributed by atoms with van der Waals surface area (Å²) in [6.07, 6.45) is 1.96. The van der Waals surface area contributed by atoms with Gasteiger partial charge in [-0.1, -0.05) is 0 Å². The van der Waals surface area contributed by atoms with Crippen LogP contribution in [0.5, 0.6) is 0 Å². The van der Waals surface area contributed by atoms with Gasteiger partial charge in [0, 0.05) is 6.54 Å². The van der Waals surface area contributed by atoms with E-state index in [1.54, 1.807) is 6.92 Å². The van der Waals surface area contributed by atoms with E-state index in [1.807, 2.05) is 0 Å². The van der Waals surface area contributed by atoms with Crippen molar-refractivity contribution in [3.05, 3.63) is 0 Å². The predicted molar refractivity (Wildman–Crippen MR) is 54.7 cm³/mol. The van der Waals surface area contributed by atoms with Crippen LogP contribution in [0, 0.1) is 5.92 Å². The normalized spacial score (nSPS) is 19.9. The molecule has 1 unspecified atom stereocenters. The van der Waals surface area contributed by atoms with Crippen molar-refractivity contribution in [3.8, 4) is 0 Å². The highest BCUT2D eigenvalue weighted by Gasteiger charge is 2.46. The second-order valence-corrected chi connectivity index (χ2v) is 4.04. The third-order valence-electron chi connectivity index (χ3n) is 2.81. The van der Waals surface area contributed by atoms with Crippen LogP contribution in [0.2, 0.25) is 0 Å². The van der Waals surface area contributed by atoms with E-state index in [2.05, 4.69) is 5.32 Å². The van der Waals surface area contributed by atoms with Gasteiger partial charge >= 0.3 is 5.97 Å². The van der Waals surface area contributed by atoms with Crippen LogP contribution in [0.1, 0.15) is 19.8 Å². The van der Waals surface area contributed by atoms with Crippen LogP contribution in [0.15, 0.2) is 0 Å². The number of carboxylic acids is 1. The van der Waals surface area contributed by atoms with Crippen molar-refractivity contribution >= 4 is 5.97 Å². The second-order valence-electron chi connectivity index (χ2n) is 4.04. The maximum Gasteiger partial charge on any atom is 0.323 e. The SMILES string of the molecule is CC(NCCOCCO)(C(=O)O)C1CC1. The molecule has 0 amide bonds. The van der Waals surface area contributed by atoms with Crippen molar-refractivity contribution in [2.75, 3.05) is 26.4 Å². The number of hydrogen-bond donors (Lipinski definition) is 3. The summed E-state index contributed by atoms with van der Waals surface area (Å²) in [5, 5.41) is 20.6. The Labute approximate surface area is 89.4 Å². The number of carbonyl (C=O) groups is 1. The van der Waals surface area contributed by atoms with E-state index in [-0.39, 0.29) is 12.5 Å². The third kappa shape index (κ3) is 3.44. The fourth-order valence-corrected chi connectivity index (χ4v) is 1.60. The quantitative estimate of drug-likeness (QED) is 0.492. The molecule has 0 radical (unpaired) electrons. The lowest BCUT2D eigenvalue weighted by Crippen LogP contribution is -2.52. The fourth-order valence-electron chi connectivity index (χ4n) is 1.60. The first-order valence-corrected chi connectivity index (χ1v) is 5.28. The highest BCUT2D eigenvalue weighted by Crippen LogP contribution is 2.39. The molecule has 0 saturated heterocycles. The number of carboxylic acid groups (broad SMARTS) is 1. The molecule has 88 valence electrons. The molecule has 0 bridgehead atoms. The molecule has 1 saturated carbocycles. The third-order valence-corrected chi connectivity index (χ3v) is 2.81. The Morgan fingerprint density at radius 2 is 2.20 bits per heavy atom. The highest BCUT2D eigenvalue weighted by molar-refractivity contribution is 5.79. The molecule has 0 spiro atoms. The van der Waals surface area contributed by atoms with Crippen molar-refractivity contribution in [1.29, 1.82) is 0 Å². The zero-order valence-electron chi connectivity index (χ0n) is 9.03. The van der Waals surface area contributed by atoms with Crippen LogP contribution in [0.3, 0.4) is 0 Å². The Bertz CT molecular complexity index is 217. The van der Waals surface area contributed by atoms with Crippen molar-refractivity contribution in [2.24, 2.45) is 5.92 Å². The molecule has 1 rings (SSSR count). The van der Waals surface area contributed by atoms with Gasteiger partial charge in [0.25, 0.3) is 0 Å². The predicted octanol–water partition coefficient (Wildman–Crippen LogP) is -0.162. The Morgan fingerprint density at radius 3 is 2.67 bits per heavy atom. The van der Waals surface area contributed by atoms with E-state index >= 15 is 0 Å². The van der Waals surface area contributed by atoms with Gasteiger partial charge in [-0.25, -0.2) is 0 Å². The number of hydrogen-bond acceptors (Lipinski definition) is 4. The van der Waals surface area contributed by atoms with Gasteiger partial charge < -0.3 is 14.9 Å². The minimum atomic E-state index is -0.817. The van der Waals surface area contributed by atoms with Gasteiger partial charge in [0.05, 0.1) is 19.8 Å². The summed E-state index contributed by atoms with van der Waals surface area (Å²) >= 11 is 0. The molecule has 0 aromatic carbocycles. The van der Waals surface area contributed by atoms with Gasteiger partial charge in [0.15, 0.2) is 0 Å². The molecule has 1 atom stereocenters. The van der Waals surface area contributed by atoms with Crippen LogP contribution in [0.4, 0.5) is 0 Å². The molecule has 1 fully saturated rings. The summed E-state index contributed by atoms with van der Waals surface area (Å²) in [7, 11) is 0.